The molecule has 8 unspecified atom stereocenters. The van der Waals surface area contributed by atoms with E-state index in [-0.39, 0.29) is 59.0 Å². The van der Waals surface area contributed by atoms with Gasteiger partial charge in [0.15, 0.2) is 0 Å². The second-order valence-electron chi connectivity index (χ2n) is 34.1. The Kier molecular flexibility index (Phi) is 41.6. The van der Waals surface area contributed by atoms with Gasteiger partial charge in [0.2, 0.25) is 29.5 Å². The van der Waals surface area contributed by atoms with Crippen LogP contribution in [0.4, 0.5) is 33.6 Å². The third-order valence-electron chi connectivity index (χ3n) is 22.7. The lowest BCUT2D eigenvalue weighted by atomic mass is 8.57. The minimum absolute atomic E-state index is 0.104. The third-order valence-corrected chi connectivity index (χ3v) is 24.6. The van der Waals surface area contributed by atoms with Gasteiger partial charge < -0.3 is 84.2 Å². The van der Waals surface area contributed by atoms with Crippen molar-refractivity contribution in [2.45, 2.75) is 147 Å². The van der Waals surface area contributed by atoms with Crippen molar-refractivity contribution in [2.75, 3.05) is 72.1 Å². The summed E-state index contributed by atoms with van der Waals surface area (Å²) in [5.41, 5.74) is 2.45. The van der Waals surface area contributed by atoms with Gasteiger partial charge in [-0.05, 0) is 94.9 Å². The number of benzene rings is 4. The number of amides is 15. The summed E-state index contributed by atoms with van der Waals surface area (Å²) in [7, 11) is 58.7. The van der Waals surface area contributed by atoms with Crippen molar-refractivity contribution in [3.63, 3.8) is 0 Å². The highest BCUT2D eigenvalue weighted by Gasteiger charge is 2.54. The minimum Gasteiger partial charge on any atom is -0.459 e. The van der Waals surface area contributed by atoms with Gasteiger partial charge in [-0.1, -0.05) is 145 Å². The summed E-state index contributed by atoms with van der Waals surface area (Å²) in [6.45, 7) is 1.52. The molecule has 36 nitrogen and oxygen atoms in total. The predicted octanol–water partition coefficient (Wildman–Crippen LogP) is -1.83. The first-order chi connectivity index (χ1) is 64.2. The van der Waals surface area contributed by atoms with E-state index in [2.05, 4.69) is 47.9 Å². The first kappa shape index (κ1) is 108. The van der Waals surface area contributed by atoms with Crippen LogP contribution in [0, 0.1) is 6.92 Å². The summed E-state index contributed by atoms with van der Waals surface area (Å²) in [4.78, 5) is 207. The quantitative estimate of drug-likeness (QED) is 0.0101. The smallest absolute Gasteiger partial charge is 0.409 e. The molecule has 0 spiro atoms. The Morgan fingerprint density at radius 3 is 1.20 bits per heavy atom. The lowest BCUT2D eigenvalue weighted by Crippen LogP contribution is -2.63. The maximum Gasteiger partial charge on any atom is 0.409 e. The van der Waals surface area contributed by atoms with Crippen LogP contribution >= 0.6 is 7.57 Å². The number of esters is 1. The molecule has 5 aliphatic rings. The van der Waals surface area contributed by atoms with E-state index in [0.717, 1.165) is 47.0 Å². The molecule has 5 aliphatic heterocycles. The molecule has 2 saturated heterocycles. The van der Waals surface area contributed by atoms with Gasteiger partial charge in [0.1, 0.15) is 88.3 Å². The Bertz CT molecular complexity index is 4870. The van der Waals surface area contributed by atoms with Crippen molar-refractivity contribution in [3.8, 4) is 0 Å². The first-order valence-corrected chi connectivity index (χ1v) is 46.0. The van der Waals surface area contributed by atoms with Gasteiger partial charge in [0.05, 0.1) is 26.4 Å². The Morgan fingerprint density at radius 1 is 0.481 bits per heavy atom. The molecule has 0 bridgehead atoms. The van der Waals surface area contributed by atoms with Gasteiger partial charge in [-0.3, -0.25) is 54.6 Å². The summed E-state index contributed by atoms with van der Waals surface area (Å²) in [5, 5.41) is 23.4. The molecular weight excluding hydrogens is 1730 g/mol. The molecule has 15 amide bonds. The lowest BCUT2D eigenvalue weighted by Gasteiger charge is -2.36. The number of nitrogens with zero attached hydrogens (tertiary/aromatic N) is 6. The van der Waals surface area contributed by atoms with E-state index in [1.807, 2.05) is 6.92 Å². The number of carbonyl (C=O) groups excluding carboxylic acids is 13. The number of hydrogen-bond donors (Lipinski definition) is 10. The molecule has 5 heterocycles. The molecule has 0 aromatic heterocycles. The number of ether oxygens (including phenoxy) is 5. The van der Waals surface area contributed by atoms with E-state index in [1.165, 1.54) is 44.5 Å². The van der Waals surface area contributed by atoms with E-state index in [0.29, 0.717) is 34.9 Å². The Morgan fingerprint density at radius 2 is 0.830 bits per heavy atom. The lowest BCUT2D eigenvalue weighted by molar-refractivity contribution is -0.156. The zero-order valence-corrected chi connectivity index (χ0v) is 77.2. The Balaban J connectivity index is 1.08. The van der Waals surface area contributed by atoms with Crippen LogP contribution in [0.1, 0.15) is 75.3 Å². The molecule has 135 heavy (non-hydrogen) atoms. The van der Waals surface area contributed by atoms with E-state index < -0.39 is 256 Å². The highest BCUT2D eigenvalue weighted by Crippen LogP contribution is 2.47. The van der Waals surface area contributed by atoms with Crippen LogP contribution in [-0.2, 0) is 87.9 Å². The Labute approximate surface area is 804 Å². The van der Waals surface area contributed by atoms with Crippen LogP contribution in [0.15, 0.2) is 152 Å². The van der Waals surface area contributed by atoms with Gasteiger partial charge in [0, 0.05) is 192 Å². The average Bonchev–Trinajstić information content (AvgIpc) is 1.64. The molecule has 9 rings (SSSR count). The molecule has 678 valence electrons. The number of rotatable bonds is 49. The fourth-order valence-corrected chi connectivity index (χ4v) is 17.3. The molecule has 10 N–H and O–H groups in total. The molecular formula is C78H100B20N15O21P. The number of carbonyl (C=O) groups is 13. The van der Waals surface area contributed by atoms with E-state index >= 15 is 28.8 Å². The monoisotopic (exact) mass is 1830 g/mol. The highest BCUT2D eigenvalue weighted by atomic mass is 31.2. The molecule has 4 aromatic rings. The van der Waals surface area contributed by atoms with E-state index in [1.54, 1.807) is 136 Å². The number of urea groups is 3. The molecule has 57 heteroatoms. The summed E-state index contributed by atoms with van der Waals surface area (Å²) in [6.07, 6.45) is -7.14. The van der Waals surface area contributed by atoms with Gasteiger partial charge in [-0.2, -0.15) is 0 Å². The SMILES string of the molecule is [B]B([B])B([B])B(B([B])[B])B1CC1CC(C(=O)NCCN(C(=O)CN1C=CC(NC(=O)OCc2ccccc2)NC1=O)C(C=P(O)(OCC)OCC)C(=O)NCCN(C(=O)CN1C=CC(NC(=O)OCc2ccccc2)NC1=O)C(CC1CB1B(B([B])[B])B([B])B([B])[B])C(=O)OCc1ccc(C)cc1)N(CCNC(=O)OC(C)(C)C)C(=O)CN1C=CC(NC(=O)OCc2ccccc2)NC1=O. The van der Waals surface area contributed by atoms with Crippen molar-refractivity contribution < 1.29 is 100.0 Å². The molecule has 0 aliphatic carbocycles. The average molecular weight is 1830 g/mol. The maximum atomic E-state index is 16.0. The molecule has 8 atom stereocenters. The standard InChI is InChI=1S/C78H100B20N15O21P/c1-7-132-135(127,133-8-2)51-61(69(118)100-31-37-112(66(115)45-109-35-29-63(103-72(109)121)106-76(125)130-49-54-20-14-10-15-21-54)60(70(119)128-47-56-26-24-52(3)25-27-56)41-58-43-90(58)98(94(85)86)96(88)92(81)82)113(67(116)46-110-36-30-64(104-73(110)122)107-77(126)131-50-55-22-16-11-17-23-55)38-32-99-68(117)59(40-57-42-89(57)97(93(83)84)95(87)91(79)80)111(39-33-101-74(123)134-78(4,5)6)65(114)44-108-34-28-62(102-71(108)120)105-75(124)129-48-53-18-12-9-13-19-53/h9-30,34-36,51,57-64,127H,7-8,31-33,37-50H2,1-6H3,(H,99,117)(H,100,118)(H,101,123)(H,102,120)(H,103,121)(H,104,122)(H,105,124)(H,106,125)(H,107,126). The molecule has 0 saturated carbocycles. The third kappa shape index (κ3) is 34.2. The molecule has 2 fully saturated rings. The number of nitrogens with one attached hydrogen (secondary N) is 9. The van der Waals surface area contributed by atoms with Gasteiger partial charge >= 0.3 is 48.4 Å². The number of aryl methyl sites for hydroxylation is 1. The van der Waals surface area contributed by atoms with Gasteiger partial charge in [-0.25, -0.2) is 38.4 Å². The summed E-state index contributed by atoms with van der Waals surface area (Å²) < 4.78 is 39.4. The van der Waals surface area contributed by atoms with Crippen molar-refractivity contribution in [3.05, 3.63) is 180 Å². The zero-order chi connectivity index (χ0) is 98.4. The van der Waals surface area contributed by atoms with Gasteiger partial charge in [-0.15, -0.1) is 0 Å². The second-order valence-corrected chi connectivity index (χ2v) is 36.1. The summed E-state index contributed by atoms with van der Waals surface area (Å²) in [5.74, 6) is -6.10. The van der Waals surface area contributed by atoms with Crippen molar-refractivity contribution >= 4 is 233 Å². The van der Waals surface area contributed by atoms with Gasteiger partial charge in [0.25, 0.3) is 7.57 Å². The highest BCUT2D eigenvalue weighted by molar-refractivity contribution is 8.02. The van der Waals surface area contributed by atoms with Crippen molar-refractivity contribution in [1.29, 1.82) is 0 Å². The van der Waals surface area contributed by atoms with Crippen molar-refractivity contribution in [2.24, 2.45) is 0 Å². The number of hydrogen-bond acceptors (Lipinski definition) is 21. The van der Waals surface area contributed by atoms with Crippen LogP contribution < -0.4 is 47.9 Å². The number of alkyl carbamates (subject to hydrolysis) is 4. The fraction of sp³-hybridized carbons (Fsp3) is 0.436. The Hall–Kier alpha value is -10.7. The zero-order valence-electron chi connectivity index (χ0n) is 76.4. The summed E-state index contributed by atoms with van der Waals surface area (Å²) in [6, 6.07) is 25.3. The normalized spacial score (nSPS) is 17.0. The van der Waals surface area contributed by atoms with Crippen LogP contribution in [0.5, 0.6) is 0 Å². The topological polar surface area (TPSA) is 434 Å². The second kappa shape index (κ2) is 52.0. The molecule has 20 radical (unpaired) electrons. The summed E-state index contributed by atoms with van der Waals surface area (Å²) >= 11 is 0. The largest absolute Gasteiger partial charge is 0.459 e. The van der Waals surface area contributed by atoms with Crippen LogP contribution in [0.25, 0.3) is 0 Å². The van der Waals surface area contributed by atoms with Crippen LogP contribution in [0.3, 0.4) is 0 Å². The fourth-order valence-electron chi connectivity index (χ4n) is 15.7. The predicted molar refractivity (Wildman–Crippen MR) is 531 cm³/mol. The van der Waals surface area contributed by atoms with Crippen LogP contribution in [0.2, 0.25) is 24.3 Å². The van der Waals surface area contributed by atoms with Crippen molar-refractivity contribution in [1.82, 2.24) is 77.3 Å². The van der Waals surface area contributed by atoms with E-state index in [4.69, 9.17) is 110 Å². The minimum atomic E-state index is -4.48. The first-order valence-electron chi connectivity index (χ1n) is 44.3. The van der Waals surface area contributed by atoms with Crippen LogP contribution in [-0.4, -0.2) is 374 Å². The van der Waals surface area contributed by atoms with E-state index in [9.17, 15) is 38.5 Å². The molecule has 4 aromatic carbocycles. The maximum absolute atomic E-state index is 16.0.